The molecule has 0 aromatic heterocycles. The summed E-state index contributed by atoms with van der Waals surface area (Å²) in [7, 11) is 0. The van der Waals surface area contributed by atoms with Crippen molar-refractivity contribution in [3.8, 4) is 0 Å². The van der Waals surface area contributed by atoms with Gasteiger partial charge in [0, 0.05) is 12.6 Å². The number of carbonyl (C=O) groups excluding carboxylic acids is 2. The summed E-state index contributed by atoms with van der Waals surface area (Å²) in [6.45, 7) is 5.71. The molecular formula is C21H25FN2O2. The minimum absolute atomic E-state index is 0.0122. The van der Waals surface area contributed by atoms with Crippen molar-refractivity contribution in [3.05, 3.63) is 71.5 Å². The van der Waals surface area contributed by atoms with Gasteiger partial charge in [0.05, 0.1) is 6.42 Å². The molecule has 26 heavy (non-hydrogen) atoms. The summed E-state index contributed by atoms with van der Waals surface area (Å²) in [6, 6.07) is 14.7. The molecule has 2 aromatic rings. The molecule has 0 heterocycles. The molecule has 5 heteroatoms. The first-order valence-corrected chi connectivity index (χ1v) is 8.75. The fraction of sp³-hybridized carbons (Fsp3) is 0.333. The molecule has 0 spiro atoms. The Morgan fingerprint density at radius 3 is 2.15 bits per heavy atom. The monoisotopic (exact) mass is 356 g/mol. The van der Waals surface area contributed by atoms with E-state index in [4.69, 9.17) is 0 Å². The molecule has 0 saturated carbocycles. The van der Waals surface area contributed by atoms with Crippen molar-refractivity contribution in [1.29, 1.82) is 0 Å². The van der Waals surface area contributed by atoms with Crippen LogP contribution < -0.4 is 5.32 Å². The van der Waals surface area contributed by atoms with Gasteiger partial charge in [-0.1, -0.05) is 42.5 Å². The number of carbonyl (C=O) groups is 2. The zero-order valence-electron chi connectivity index (χ0n) is 15.4. The molecular weight excluding hydrogens is 331 g/mol. The maximum absolute atomic E-state index is 13.2. The lowest BCUT2D eigenvalue weighted by molar-refractivity contribution is -0.140. The standard InChI is InChI=1S/C21H25FN2O2/c1-15(2)23-21(26)16(3)24(14-18-9-11-19(22)12-10-18)20(25)13-17-7-5-4-6-8-17/h4-12,15-16H,13-14H2,1-3H3,(H,23,26)/t16-/m0/s1. The average molecular weight is 356 g/mol. The molecule has 4 nitrogen and oxygen atoms in total. The summed E-state index contributed by atoms with van der Waals surface area (Å²) >= 11 is 0. The van der Waals surface area contributed by atoms with Crippen LogP contribution in [0.25, 0.3) is 0 Å². The largest absolute Gasteiger partial charge is 0.352 e. The molecule has 0 radical (unpaired) electrons. The third-order valence-corrected chi connectivity index (χ3v) is 4.06. The Morgan fingerprint density at radius 1 is 0.962 bits per heavy atom. The molecule has 0 aliphatic carbocycles. The molecule has 0 saturated heterocycles. The molecule has 2 aromatic carbocycles. The van der Waals surface area contributed by atoms with E-state index in [2.05, 4.69) is 5.32 Å². The lowest BCUT2D eigenvalue weighted by atomic mass is 10.1. The van der Waals surface area contributed by atoms with Crippen molar-refractivity contribution in [2.75, 3.05) is 0 Å². The van der Waals surface area contributed by atoms with Gasteiger partial charge in [0.2, 0.25) is 11.8 Å². The van der Waals surface area contributed by atoms with Crippen LogP contribution in [-0.2, 0) is 22.6 Å². The smallest absolute Gasteiger partial charge is 0.242 e. The van der Waals surface area contributed by atoms with Gasteiger partial charge < -0.3 is 10.2 Å². The summed E-state index contributed by atoms with van der Waals surface area (Å²) in [5, 5.41) is 2.84. The van der Waals surface area contributed by atoms with E-state index in [-0.39, 0.29) is 36.6 Å². The zero-order valence-corrected chi connectivity index (χ0v) is 15.4. The number of amides is 2. The Labute approximate surface area is 154 Å². The van der Waals surface area contributed by atoms with Crippen LogP contribution in [0.3, 0.4) is 0 Å². The maximum atomic E-state index is 13.2. The predicted molar refractivity (Wildman–Crippen MR) is 99.8 cm³/mol. The molecule has 0 unspecified atom stereocenters. The maximum Gasteiger partial charge on any atom is 0.242 e. The third kappa shape index (κ3) is 5.69. The second-order valence-corrected chi connectivity index (χ2v) is 6.65. The van der Waals surface area contributed by atoms with Crippen molar-refractivity contribution in [2.24, 2.45) is 0 Å². The Hall–Kier alpha value is -2.69. The van der Waals surface area contributed by atoms with Crippen LogP contribution in [0.15, 0.2) is 54.6 Å². The van der Waals surface area contributed by atoms with Crippen molar-refractivity contribution < 1.29 is 14.0 Å². The lowest BCUT2D eigenvalue weighted by Gasteiger charge is -2.29. The molecule has 0 aliphatic rings. The molecule has 0 aliphatic heterocycles. The highest BCUT2D eigenvalue weighted by atomic mass is 19.1. The fourth-order valence-electron chi connectivity index (χ4n) is 2.65. The molecule has 2 amide bonds. The lowest BCUT2D eigenvalue weighted by Crippen LogP contribution is -2.49. The molecule has 1 N–H and O–H groups in total. The predicted octanol–water partition coefficient (Wildman–Crippen LogP) is 3.31. The molecule has 2 rings (SSSR count). The van der Waals surface area contributed by atoms with E-state index in [0.29, 0.717) is 0 Å². The summed E-state index contributed by atoms with van der Waals surface area (Å²) in [6.07, 6.45) is 0.210. The van der Waals surface area contributed by atoms with E-state index in [1.807, 2.05) is 44.2 Å². The van der Waals surface area contributed by atoms with Gasteiger partial charge in [0.1, 0.15) is 11.9 Å². The number of hydrogen-bond donors (Lipinski definition) is 1. The summed E-state index contributed by atoms with van der Waals surface area (Å²) < 4.78 is 13.2. The SMILES string of the molecule is CC(C)NC(=O)[C@H](C)N(Cc1ccc(F)cc1)C(=O)Cc1ccccc1. The van der Waals surface area contributed by atoms with Gasteiger partial charge in [0.15, 0.2) is 0 Å². The number of nitrogens with zero attached hydrogens (tertiary/aromatic N) is 1. The van der Waals surface area contributed by atoms with Gasteiger partial charge in [-0.3, -0.25) is 9.59 Å². The third-order valence-electron chi connectivity index (χ3n) is 4.06. The summed E-state index contributed by atoms with van der Waals surface area (Å²) in [5.41, 5.74) is 1.66. The van der Waals surface area contributed by atoms with Crippen LogP contribution in [0.2, 0.25) is 0 Å². The van der Waals surface area contributed by atoms with Crippen LogP contribution in [-0.4, -0.2) is 28.8 Å². The second-order valence-electron chi connectivity index (χ2n) is 6.65. The van der Waals surface area contributed by atoms with Gasteiger partial charge in [-0.25, -0.2) is 4.39 Å². The van der Waals surface area contributed by atoms with E-state index < -0.39 is 6.04 Å². The van der Waals surface area contributed by atoms with Gasteiger partial charge >= 0.3 is 0 Å². The van der Waals surface area contributed by atoms with Crippen molar-refractivity contribution in [1.82, 2.24) is 10.2 Å². The minimum atomic E-state index is -0.626. The fourth-order valence-corrected chi connectivity index (χ4v) is 2.65. The number of halogens is 1. The van der Waals surface area contributed by atoms with E-state index in [1.165, 1.54) is 17.0 Å². The Balaban J connectivity index is 2.20. The summed E-state index contributed by atoms with van der Waals surface area (Å²) in [4.78, 5) is 26.9. The highest BCUT2D eigenvalue weighted by Gasteiger charge is 2.26. The number of benzene rings is 2. The topological polar surface area (TPSA) is 49.4 Å². The van der Waals surface area contributed by atoms with Crippen molar-refractivity contribution >= 4 is 11.8 Å². The highest BCUT2D eigenvalue weighted by molar-refractivity contribution is 5.88. The quantitative estimate of drug-likeness (QED) is 0.827. The average Bonchev–Trinajstić information content (AvgIpc) is 2.60. The van der Waals surface area contributed by atoms with Crippen LogP contribution in [0.5, 0.6) is 0 Å². The second kappa shape index (κ2) is 9.13. The van der Waals surface area contributed by atoms with Crippen LogP contribution in [0, 0.1) is 5.82 Å². The number of rotatable bonds is 7. The van der Waals surface area contributed by atoms with E-state index in [9.17, 15) is 14.0 Å². The normalized spacial score (nSPS) is 11.9. The molecule has 0 bridgehead atoms. The number of hydrogen-bond acceptors (Lipinski definition) is 2. The highest BCUT2D eigenvalue weighted by Crippen LogP contribution is 2.13. The van der Waals surface area contributed by atoms with Crippen LogP contribution >= 0.6 is 0 Å². The Bertz CT molecular complexity index is 729. The van der Waals surface area contributed by atoms with E-state index >= 15 is 0 Å². The van der Waals surface area contributed by atoms with Gasteiger partial charge in [-0.15, -0.1) is 0 Å². The van der Waals surface area contributed by atoms with Gasteiger partial charge in [0.25, 0.3) is 0 Å². The zero-order chi connectivity index (χ0) is 19.1. The van der Waals surface area contributed by atoms with Crippen LogP contribution in [0.1, 0.15) is 31.9 Å². The first-order valence-electron chi connectivity index (χ1n) is 8.75. The van der Waals surface area contributed by atoms with E-state index in [1.54, 1.807) is 19.1 Å². The Kier molecular flexibility index (Phi) is 6.89. The first kappa shape index (κ1) is 19.6. The van der Waals surface area contributed by atoms with Crippen molar-refractivity contribution in [2.45, 2.75) is 45.8 Å². The minimum Gasteiger partial charge on any atom is -0.352 e. The first-order chi connectivity index (χ1) is 12.4. The van der Waals surface area contributed by atoms with E-state index in [0.717, 1.165) is 11.1 Å². The van der Waals surface area contributed by atoms with Gasteiger partial charge in [-0.05, 0) is 44.0 Å². The van der Waals surface area contributed by atoms with Crippen molar-refractivity contribution in [3.63, 3.8) is 0 Å². The molecule has 138 valence electrons. The molecule has 0 fully saturated rings. The summed E-state index contributed by atoms with van der Waals surface area (Å²) in [5.74, 6) is -0.683. The molecule has 1 atom stereocenters. The Morgan fingerprint density at radius 2 is 1.58 bits per heavy atom. The van der Waals surface area contributed by atoms with Gasteiger partial charge in [-0.2, -0.15) is 0 Å². The number of nitrogens with one attached hydrogen (secondary N) is 1. The van der Waals surface area contributed by atoms with Crippen LogP contribution in [0.4, 0.5) is 4.39 Å².